The summed E-state index contributed by atoms with van der Waals surface area (Å²) in [5.41, 5.74) is 4.07. The first-order chi connectivity index (χ1) is 14.9. The van der Waals surface area contributed by atoms with Crippen LogP contribution in [0.5, 0.6) is 0 Å². The molecule has 6 nitrogen and oxygen atoms in total. The second-order valence-corrected chi connectivity index (χ2v) is 11.3. The first kappa shape index (κ1) is 21.9. The number of rotatable bonds is 6. The minimum atomic E-state index is -3.02. The molecule has 2 aromatic carbocycles. The van der Waals surface area contributed by atoms with E-state index in [0.29, 0.717) is 5.17 Å². The molecule has 2 heterocycles. The smallest absolute Gasteiger partial charge is 0.244 e. The number of amides is 1. The van der Waals surface area contributed by atoms with Crippen LogP contribution in [0.3, 0.4) is 0 Å². The number of fused-ring (bicyclic) bond motifs is 1. The highest BCUT2D eigenvalue weighted by Gasteiger charge is 2.44. The molecular formula is C23H27N3O3S2. The Kier molecular flexibility index (Phi) is 6.39. The number of amidine groups is 1. The molecular weight excluding hydrogens is 430 g/mol. The SMILES string of the molecule is CCc1ccc(NC(=O)CN(C2=NC3CS(=O)(=O)CC3S2)c2ccc(CC)cc2)cc1. The van der Waals surface area contributed by atoms with Crippen LogP contribution in [0.1, 0.15) is 25.0 Å². The molecule has 164 valence electrons. The molecule has 0 bridgehead atoms. The first-order valence-electron chi connectivity index (χ1n) is 10.6. The Morgan fingerprint density at radius 1 is 1.03 bits per heavy atom. The summed E-state index contributed by atoms with van der Waals surface area (Å²) >= 11 is 1.47. The van der Waals surface area contributed by atoms with E-state index in [9.17, 15) is 13.2 Å². The molecule has 0 radical (unpaired) electrons. The van der Waals surface area contributed by atoms with E-state index in [0.717, 1.165) is 24.2 Å². The van der Waals surface area contributed by atoms with Gasteiger partial charge in [0.15, 0.2) is 15.0 Å². The van der Waals surface area contributed by atoms with Crippen molar-refractivity contribution >= 4 is 44.0 Å². The quantitative estimate of drug-likeness (QED) is 0.718. The van der Waals surface area contributed by atoms with E-state index >= 15 is 0 Å². The van der Waals surface area contributed by atoms with Gasteiger partial charge in [-0.15, -0.1) is 0 Å². The van der Waals surface area contributed by atoms with Crippen molar-refractivity contribution < 1.29 is 13.2 Å². The lowest BCUT2D eigenvalue weighted by atomic mass is 10.1. The highest BCUT2D eigenvalue weighted by atomic mass is 32.2. The highest BCUT2D eigenvalue weighted by Crippen LogP contribution is 2.36. The standard InChI is InChI=1S/C23H27N3O3S2/c1-3-16-5-9-18(10-6-16)24-22(27)13-26(19-11-7-17(4-2)8-12-19)23-25-20-14-31(28,29)15-21(20)30-23/h5-12,20-21H,3-4,13-15H2,1-2H3,(H,24,27). The van der Waals surface area contributed by atoms with Crippen molar-refractivity contribution in [3.63, 3.8) is 0 Å². The van der Waals surface area contributed by atoms with Gasteiger partial charge in [0.2, 0.25) is 5.91 Å². The van der Waals surface area contributed by atoms with Crippen LogP contribution in [0, 0.1) is 0 Å². The summed E-state index contributed by atoms with van der Waals surface area (Å²) in [6.45, 7) is 4.30. The Bertz CT molecular complexity index is 1080. The molecule has 4 rings (SSSR count). The minimum Gasteiger partial charge on any atom is -0.325 e. The number of hydrogen-bond donors (Lipinski definition) is 1. The number of nitrogens with one attached hydrogen (secondary N) is 1. The van der Waals surface area contributed by atoms with Gasteiger partial charge in [0.1, 0.15) is 6.54 Å². The molecule has 1 amide bonds. The predicted molar refractivity (Wildman–Crippen MR) is 129 cm³/mol. The lowest BCUT2D eigenvalue weighted by Crippen LogP contribution is -2.36. The summed E-state index contributed by atoms with van der Waals surface area (Å²) in [5, 5.41) is 3.61. The van der Waals surface area contributed by atoms with Gasteiger partial charge in [-0.2, -0.15) is 0 Å². The van der Waals surface area contributed by atoms with Crippen LogP contribution in [0.4, 0.5) is 11.4 Å². The van der Waals surface area contributed by atoms with Crippen molar-refractivity contribution in [2.45, 2.75) is 38.0 Å². The molecule has 1 saturated heterocycles. The fourth-order valence-corrected chi connectivity index (χ4v) is 7.60. The van der Waals surface area contributed by atoms with Crippen molar-refractivity contribution in [2.24, 2.45) is 4.99 Å². The average Bonchev–Trinajstić information content (AvgIpc) is 3.26. The second kappa shape index (κ2) is 9.04. The van der Waals surface area contributed by atoms with Crippen LogP contribution in [-0.4, -0.2) is 48.8 Å². The van der Waals surface area contributed by atoms with E-state index in [1.165, 1.54) is 22.9 Å². The zero-order valence-corrected chi connectivity index (χ0v) is 19.4. The van der Waals surface area contributed by atoms with Crippen LogP contribution >= 0.6 is 11.8 Å². The Labute approximate surface area is 188 Å². The fraction of sp³-hybridized carbons (Fsp3) is 0.391. The molecule has 8 heteroatoms. The van der Waals surface area contributed by atoms with Crippen LogP contribution in [0.2, 0.25) is 0 Å². The molecule has 1 fully saturated rings. The Morgan fingerprint density at radius 2 is 1.65 bits per heavy atom. The summed E-state index contributed by atoms with van der Waals surface area (Å²) in [4.78, 5) is 19.5. The van der Waals surface area contributed by atoms with Crippen molar-refractivity contribution in [3.8, 4) is 0 Å². The molecule has 31 heavy (non-hydrogen) atoms. The second-order valence-electron chi connectivity index (χ2n) is 7.92. The van der Waals surface area contributed by atoms with Gasteiger partial charge in [-0.1, -0.05) is 49.9 Å². The van der Waals surface area contributed by atoms with Crippen molar-refractivity contribution in [2.75, 3.05) is 28.3 Å². The van der Waals surface area contributed by atoms with Gasteiger partial charge in [-0.3, -0.25) is 9.79 Å². The Hall–Kier alpha value is -2.32. The van der Waals surface area contributed by atoms with Crippen LogP contribution in [0.15, 0.2) is 53.5 Å². The van der Waals surface area contributed by atoms with Gasteiger partial charge in [0.25, 0.3) is 0 Å². The van der Waals surface area contributed by atoms with Crippen LogP contribution < -0.4 is 10.2 Å². The zero-order valence-electron chi connectivity index (χ0n) is 17.7. The maximum Gasteiger partial charge on any atom is 0.244 e. The number of aliphatic imine (C=N–C) groups is 1. The molecule has 0 aromatic heterocycles. The minimum absolute atomic E-state index is 0.0675. The molecule has 2 unspecified atom stereocenters. The third-order valence-electron chi connectivity index (χ3n) is 5.64. The molecule has 0 spiro atoms. The van der Waals surface area contributed by atoms with Gasteiger partial charge in [0, 0.05) is 16.6 Å². The molecule has 0 saturated carbocycles. The van der Waals surface area contributed by atoms with Crippen LogP contribution in [-0.2, 0) is 27.5 Å². The summed E-state index contributed by atoms with van der Waals surface area (Å²) in [7, 11) is -3.02. The molecule has 2 aliphatic heterocycles. The third kappa shape index (κ3) is 5.13. The lowest BCUT2D eigenvalue weighted by molar-refractivity contribution is -0.114. The monoisotopic (exact) mass is 457 g/mol. The molecule has 2 atom stereocenters. The topological polar surface area (TPSA) is 78.8 Å². The van der Waals surface area contributed by atoms with Gasteiger partial charge in [0.05, 0.1) is 17.5 Å². The molecule has 0 aliphatic carbocycles. The molecule has 2 aliphatic rings. The van der Waals surface area contributed by atoms with E-state index in [1.54, 1.807) is 0 Å². The van der Waals surface area contributed by atoms with Gasteiger partial charge in [-0.25, -0.2) is 8.42 Å². The van der Waals surface area contributed by atoms with Gasteiger partial charge >= 0.3 is 0 Å². The normalized spacial score (nSPS) is 21.4. The number of carbonyl (C=O) groups is 1. The maximum absolute atomic E-state index is 12.9. The van der Waals surface area contributed by atoms with Crippen molar-refractivity contribution in [1.82, 2.24) is 0 Å². The number of sulfone groups is 1. The van der Waals surface area contributed by atoms with E-state index in [-0.39, 0.29) is 35.2 Å². The highest BCUT2D eigenvalue weighted by molar-refractivity contribution is 8.15. The number of aryl methyl sites for hydroxylation is 2. The van der Waals surface area contributed by atoms with E-state index < -0.39 is 9.84 Å². The van der Waals surface area contributed by atoms with Gasteiger partial charge < -0.3 is 10.2 Å². The third-order valence-corrected chi connectivity index (χ3v) is 8.89. The van der Waals surface area contributed by atoms with Gasteiger partial charge in [-0.05, 0) is 48.2 Å². The van der Waals surface area contributed by atoms with E-state index in [1.807, 2.05) is 41.3 Å². The summed E-state index contributed by atoms with van der Waals surface area (Å²) < 4.78 is 23.9. The summed E-state index contributed by atoms with van der Waals surface area (Å²) in [6.07, 6.45) is 1.89. The van der Waals surface area contributed by atoms with Crippen molar-refractivity contribution in [3.05, 3.63) is 59.7 Å². The number of anilines is 2. The van der Waals surface area contributed by atoms with Crippen LogP contribution in [0.25, 0.3) is 0 Å². The maximum atomic E-state index is 12.9. The summed E-state index contributed by atoms with van der Waals surface area (Å²) in [6, 6.07) is 15.7. The van der Waals surface area contributed by atoms with Crippen molar-refractivity contribution in [1.29, 1.82) is 0 Å². The van der Waals surface area contributed by atoms with E-state index in [4.69, 9.17) is 4.99 Å². The molecule has 1 N–H and O–H groups in total. The molecule has 2 aromatic rings. The fourth-order valence-electron chi connectivity index (χ4n) is 3.82. The lowest BCUT2D eigenvalue weighted by Gasteiger charge is -2.24. The summed E-state index contributed by atoms with van der Waals surface area (Å²) in [5.74, 6) is 0.0949. The number of benzene rings is 2. The number of hydrogen-bond acceptors (Lipinski definition) is 6. The number of thioether (sulfide) groups is 1. The zero-order chi connectivity index (χ0) is 22.0. The Morgan fingerprint density at radius 3 is 2.23 bits per heavy atom. The average molecular weight is 458 g/mol. The largest absolute Gasteiger partial charge is 0.325 e. The van der Waals surface area contributed by atoms with E-state index in [2.05, 4.69) is 31.3 Å². The Balaban J connectivity index is 1.54. The number of carbonyl (C=O) groups excluding carboxylic acids is 1. The predicted octanol–water partition coefficient (Wildman–Crippen LogP) is 3.52. The first-order valence-corrected chi connectivity index (χ1v) is 13.3. The number of nitrogens with zero attached hydrogens (tertiary/aromatic N) is 2.